The Labute approximate surface area is 208 Å². The number of carbonyl (C=O) groups is 1. The summed E-state index contributed by atoms with van der Waals surface area (Å²) in [5.74, 6) is 0.309. The van der Waals surface area contributed by atoms with Gasteiger partial charge in [-0.2, -0.15) is 0 Å². The van der Waals surface area contributed by atoms with Gasteiger partial charge in [-0.25, -0.2) is 0 Å². The first kappa shape index (κ1) is 25.8. The lowest BCUT2D eigenvalue weighted by Gasteiger charge is -2.14. The average molecular weight is 494 g/mol. The monoisotopic (exact) mass is 493 g/mol. The first-order valence-electron chi connectivity index (χ1n) is 10.7. The highest BCUT2D eigenvalue weighted by atomic mass is 16.5. The molecule has 0 aliphatic rings. The van der Waals surface area contributed by atoms with E-state index in [2.05, 4.69) is 5.32 Å². The van der Waals surface area contributed by atoms with Crippen molar-refractivity contribution in [3.63, 3.8) is 0 Å². The Balaban J connectivity index is 1.93. The van der Waals surface area contributed by atoms with E-state index in [0.29, 0.717) is 28.4 Å². The summed E-state index contributed by atoms with van der Waals surface area (Å²) in [4.78, 5) is 12.7. The summed E-state index contributed by atoms with van der Waals surface area (Å²) >= 11 is 0. The van der Waals surface area contributed by atoms with Gasteiger partial charge < -0.3 is 39.6 Å². The quantitative estimate of drug-likeness (QED) is 0.193. The van der Waals surface area contributed by atoms with Crippen molar-refractivity contribution in [2.24, 2.45) is 0 Å². The summed E-state index contributed by atoms with van der Waals surface area (Å²) in [6, 6.07) is 10.8. The number of methoxy groups -OCH3 is 4. The van der Waals surface area contributed by atoms with E-state index >= 15 is 0 Å². The van der Waals surface area contributed by atoms with Crippen LogP contribution in [0.5, 0.6) is 40.2 Å². The molecule has 0 spiro atoms. The van der Waals surface area contributed by atoms with Crippen LogP contribution in [0.2, 0.25) is 0 Å². The molecule has 0 aliphatic carbocycles. The van der Waals surface area contributed by atoms with Gasteiger partial charge in [0.2, 0.25) is 11.7 Å². The molecular weight excluding hydrogens is 466 g/mol. The van der Waals surface area contributed by atoms with Crippen molar-refractivity contribution in [3.05, 3.63) is 65.2 Å². The zero-order valence-electron chi connectivity index (χ0n) is 20.2. The highest BCUT2D eigenvalue weighted by molar-refractivity contribution is 6.04. The Morgan fingerprint density at radius 1 is 0.694 bits per heavy atom. The molecule has 0 saturated carbocycles. The number of ether oxygens (including phenoxy) is 4. The molecule has 0 atom stereocenters. The van der Waals surface area contributed by atoms with Crippen LogP contribution in [0.4, 0.5) is 5.69 Å². The minimum Gasteiger partial charge on any atom is -0.504 e. The summed E-state index contributed by atoms with van der Waals surface area (Å²) in [5.41, 5.74) is 2.05. The molecule has 9 heteroatoms. The van der Waals surface area contributed by atoms with E-state index in [9.17, 15) is 20.1 Å². The Hall–Kier alpha value is -4.79. The molecule has 0 heterocycles. The molecule has 9 nitrogen and oxygen atoms in total. The fourth-order valence-corrected chi connectivity index (χ4v) is 3.43. The van der Waals surface area contributed by atoms with Crippen LogP contribution < -0.4 is 24.3 Å². The highest BCUT2D eigenvalue weighted by Gasteiger charge is 2.15. The number of aromatic hydroxyl groups is 3. The number of nitrogens with one attached hydrogen (secondary N) is 1. The number of benzene rings is 3. The average Bonchev–Trinajstić information content (AvgIpc) is 2.88. The molecule has 4 N–H and O–H groups in total. The smallest absolute Gasteiger partial charge is 0.248 e. The van der Waals surface area contributed by atoms with Gasteiger partial charge in [0.05, 0.1) is 34.1 Å². The van der Waals surface area contributed by atoms with Gasteiger partial charge in [0.25, 0.3) is 0 Å². The highest BCUT2D eigenvalue weighted by Crippen LogP contribution is 2.40. The van der Waals surface area contributed by atoms with Crippen LogP contribution in [0.1, 0.15) is 16.7 Å². The fraction of sp³-hybridized carbons (Fsp3) is 0.148. The predicted octanol–water partition coefficient (Wildman–Crippen LogP) is 4.66. The molecule has 3 aromatic rings. The summed E-state index contributed by atoms with van der Waals surface area (Å²) in [5, 5.41) is 32.0. The van der Waals surface area contributed by atoms with E-state index in [1.165, 1.54) is 58.8 Å². The number of anilines is 1. The number of hydrogen-bond acceptors (Lipinski definition) is 8. The fourth-order valence-electron chi connectivity index (χ4n) is 3.43. The Morgan fingerprint density at radius 3 is 1.92 bits per heavy atom. The van der Waals surface area contributed by atoms with Gasteiger partial charge in [-0.3, -0.25) is 4.79 Å². The summed E-state index contributed by atoms with van der Waals surface area (Å²) in [6.07, 6.45) is 6.23. The molecule has 0 aliphatic heterocycles. The molecule has 188 valence electrons. The Morgan fingerprint density at radius 2 is 1.33 bits per heavy atom. The van der Waals surface area contributed by atoms with Gasteiger partial charge in [0.1, 0.15) is 0 Å². The number of carbonyl (C=O) groups excluding carboxylic acids is 1. The van der Waals surface area contributed by atoms with Crippen molar-refractivity contribution in [1.82, 2.24) is 0 Å². The molecule has 0 fully saturated rings. The number of rotatable bonds is 9. The van der Waals surface area contributed by atoms with Crippen molar-refractivity contribution in [2.75, 3.05) is 33.8 Å². The second-order valence-corrected chi connectivity index (χ2v) is 7.44. The first-order chi connectivity index (χ1) is 17.3. The molecule has 0 unspecified atom stereocenters. The summed E-state index contributed by atoms with van der Waals surface area (Å²) in [6.45, 7) is 0. The molecule has 0 saturated heterocycles. The van der Waals surface area contributed by atoms with Gasteiger partial charge in [-0.1, -0.05) is 18.2 Å². The molecule has 1 amide bonds. The lowest BCUT2D eigenvalue weighted by Crippen LogP contribution is -2.10. The van der Waals surface area contributed by atoms with Gasteiger partial charge in [0.15, 0.2) is 34.5 Å². The van der Waals surface area contributed by atoms with Gasteiger partial charge in [-0.05, 0) is 53.6 Å². The van der Waals surface area contributed by atoms with Crippen LogP contribution in [-0.4, -0.2) is 49.7 Å². The minimum absolute atomic E-state index is 0.0890. The molecule has 0 aromatic heterocycles. The van der Waals surface area contributed by atoms with E-state index in [0.717, 1.165) is 5.56 Å². The van der Waals surface area contributed by atoms with E-state index in [4.69, 9.17) is 18.9 Å². The molecule has 3 rings (SSSR count). The van der Waals surface area contributed by atoms with E-state index in [1.54, 1.807) is 36.4 Å². The third-order valence-corrected chi connectivity index (χ3v) is 5.19. The van der Waals surface area contributed by atoms with Gasteiger partial charge in [0, 0.05) is 11.6 Å². The molecule has 3 aromatic carbocycles. The second-order valence-electron chi connectivity index (χ2n) is 7.44. The number of phenols is 3. The zero-order chi connectivity index (χ0) is 26.2. The van der Waals surface area contributed by atoms with E-state index in [1.807, 2.05) is 0 Å². The van der Waals surface area contributed by atoms with Crippen molar-refractivity contribution < 1.29 is 39.1 Å². The standard InChI is InChI=1S/C27H27NO8/c1-33-22-14-17(15-23(34-2)27(22)36-4)5-8-18-9-11-20(30)26(35-3)25(18)28-24(32)12-7-16-6-10-19(29)21(31)13-16/h5-15,29-31H,1-4H3,(H,28,32)/b8-5+,12-7+. The topological polar surface area (TPSA) is 127 Å². The summed E-state index contributed by atoms with van der Waals surface area (Å²) in [7, 11) is 5.95. The molecule has 36 heavy (non-hydrogen) atoms. The van der Waals surface area contributed by atoms with Gasteiger partial charge in [-0.15, -0.1) is 0 Å². The van der Waals surface area contributed by atoms with Crippen molar-refractivity contribution in [3.8, 4) is 40.2 Å². The Kier molecular flexibility index (Phi) is 8.30. The van der Waals surface area contributed by atoms with E-state index < -0.39 is 5.91 Å². The van der Waals surface area contributed by atoms with Crippen LogP contribution >= 0.6 is 0 Å². The van der Waals surface area contributed by atoms with Crippen molar-refractivity contribution in [1.29, 1.82) is 0 Å². The van der Waals surface area contributed by atoms with Gasteiger partial charge >= 0.3 is 0 Å². The number of phenolic OH excluding ortho intramolecular Hbond substituents is 3. The molecule has 0 bridgehead atoms. The van der Waals surface area contributed by atoms with Crippen molar-refractivity contribution >= 4 is 29.8 Å². The molecular formula is C27H27NO8. The maximum absolute atomic E-state index is 12.7. The van der Waals surface area contributed by atoms with Crippen LogP contribution in [0.25, 0.3) is 18.2 Å². The first-order valence-corrected chi connectivity index (χ1v) is 10.7. The SMILES string of the molecule is COc1cc(/C=C/c2ccc(O)c(OC)c2NC(=O)/C=C/c2ccc(O)c(O)c2)cc(OC)c1OC. The Bertz CT molecular complexity index is 1290. The van der Waals surface area contributed by atoms with Crippen LogP contribution in [0, 0.1) is 0 Å². The number of amides is 1. The lowest BCUT2D eigenvalue weighted by atomic mass is 10.1. The maximum Gasteiger partial charge on any atom is 0.248 e. The van der Waals surface area contributed by atoms with Crippen LogP contribution in [0.3, 0.4) is 0 Å². The summed E-state index contributed by atoms with van der Waals surface area (Å²) < 4.78 is 21.5. The van der Waals surface area contributed by atoms with Crippen LogP contribution in [0.15, 0.2) is 48.5 Å². The third kappa shape index (κ3) is 5.82. The largest absolute Gasteiger partial charge is 0.504 e. The van der Waals surface area contributed by atoms with E-state index in [-0.39, 0.29) is 28.7 Å². The normalized spacial score (nSPS) is 11.0. The second kappa shape index (κ2) is 11.6. The number of hydrogen-bond donors (Lipinski definition) is 4. The minimum atomic E-state index is -0.506. The van der Waals surface area contributed by atoms with Crippen molar-refractivity contribution in [2.45, 2.75) is 0 Å². The molecule has 0 radical (unpaired) electrons. The zero-order valence-corrected chi connectivity index (χ0v) is 20.2. The lowest BCUT2D eigenvalue weighted by molar-refractivity contribution is -0.111. The third-order valence-electron chi connectivity index (χ3n) is 5.19. The maximum atomic E-state index is 12.7. The predicted molar refractivity (Wildman–Crippen MR) is 137 cm³/mol. The van der Waals surface area contributed by atoms with Crippen LogP contribution in [-0.2, 0) is 4.79 Å².